The van der Waals surface area contributed by atoms with Crippen molar-refractivity contribution in [3.8, 4) is 22.4 Å². The minimum atomic E-state index is -0.125. The van der Waals surface area contributed by atoms with Crippen molar-refractivity contribution < 1.29 is 30.0 Å². The minimum Gasteiger partial charge on any atom is -0.512 e. The number of nitrogens with zero attached hydrogens (tertiary/aromatic N) is 1. The maximum absolute atomic E-state index is 10.0. The number of hydrogen-bond acceptors (Lipinski definition) is 3. The van der Waals surface area contributed by atoms with Crippen LogP contribution < -0.4 is 0 Å². The first-order valence-corrected chi connectivity index (χ1v) is 10.1. The Hall–Kier alpha value is -3.33. The van der Waals surface area contributed by atoms with E-state index in [-0.39, 0.29) is 31.6 Å². The van der Waals surface area contributed by atoms with Gasteiger partial charge in [-0.15, -0.1) is 35.4 Å². The molecule has 0 unspecified atom stereocenters. The van der Waals surface area contributed by atoms with Crippen molar-refractivity contribution in [1.29, 1.82) is 0 Å². The van der Waals surface area contributed by atoms with Gasteiger partial charge in [0.25, 0.3) is 0 Å². The van der Waals surface area contributed by atoms with Gasteiger partial charge in [0.05, 0.1) is 11.3 Å². The molecule has 0 saturated carbocycles. The van der Waals surface area contributed by atoms with Crippen molar-refractivity contribution in [3.05, 3.63) is 102 Å². The fourth-order valence-corrected chi connectivity index (χ4v) is 3.65. The van der Waals surface area contributed by atoms with Crippen LogP contribution in [0.4, 0.5) is 0 Å². The summed E-state index contributed by atoms with van der Waals surface area (Å²) in [5, 5.41) is 9.61. The number of rotatable bonds is 3. The molecule has 0 saturated heterocycles. The molecule has 3 aromatic carbocycles. The van der Waals surface area contributed by atoms with Crippen LogP contribution in [0.2, 0.25) is 0 Å². The summed E-state index contributed by atoms with van der Waals surface area (Å²) in [6, 6.07) is 28.4. The van der Waals surface area contributed by atoms with Gasteiger partial charge in [-0.2, -0.15) is 0 Å². The van der Waals surface area contributed by atoms with Gasteiger partial charge in [-0.05, 0) is 42.3 Å². The zero-order chi connectivity index (χ0) is 21.8. The van der Waals surface area contributed by atoms with Crippen molar-refractivity contribution in [2.24, 2.45) is 0 Å². The normalized spacial score (nSPS) is 11.5. The van der Waals surface area contributed by atoms with Crippen LogP contribution in [-0.2, 0) is 24.9 Å². The zero-order valence-electron chi connectivity index (χ0n) is 17.8. The maximum atomic E-state index is 10.0. The average molecular weight is 597 g/mol. The molecule has 1 heterocycles. The summed E-state index contributed by atoms with van der Waals surface area (Å²) in [5.41, 5.74) is 7.93. The van der Waals surface area contributed by atoms with Gasteiger partial charge in [-0.25, -0.2) is 0 Å². The molecule has 161 valence electrons. The number of aliphatic hydroxyl groups excluding tert-OH is 1. The van der Waals surface area contributed by atoms with Crippen LogP contribution in [-0.4, -0.2) is 15.9 Å². The fraction of sp³-hybridized carbons (Fsp3) is 0.0714. The summed E-state index contributed by atoms with van der Waals surface area (Å²) in [6.07, 6.45) is 5.50. The van der Waals surface area contributed by atoms with E-state index in [1.807, 2.05) is 12.1 Å². The van der Waals surface area contributed by atoms with Crippen LogP contribution >= 0.6 is 0 Å². The van der Waals surface area contributed by atoms with E-state index in [0.717, 1.165) is 16.8 Å². The SMILES string of the molecule is CC(=O)/C=C(/C)O.[Ir].[c-]1ccc(-c2ccccc2)cc1-c1cc2c3c(cccc3n1)C=C2. The summed E-state index contributed by atoms with van der Waals surface area (Å²) >= 11 is 0. The Morgan fingerprint density at radius 1 is 0.906 bits per heavy atom. The molecule has 0 amide bonds. The predicted octanol–water partition coefficient (Wildman–Crippen LogP) is 6.89. The number of aliphatic hydroxyl groups is 1. The summed E-state index contributed by atoms with van der Waals surface area (Å²) in [6.45, 7) is 2.85. The molecule has 1 aromatic heterocycles. The second-order valence-corrected chi connectivity index (χ2v) is 7.42. The van der Waals surface area contributed by atoms with Crippen LogP contribution in [0, 0.1) is 6.07 Å². The van der Waals surface area contributed by atoms with E-state index in [1.54, 1.807) is 0 Å². The predicted molar refractivity (Wildman–Crippen MR) is 127 cm³/mol. The molecule has 0 fully saturated rings. The number of pyridine rings is 1. The van der Waals surface area contributed by atoms with E-state index < -0.39 is 0 Å². The third kappa shape index (κ3) is 5.28. The molecule has 5 rings (SSSR count). The van der Waals surface area contributed by atoms with Crippen LogP contribution in [0.15, 0.2) is 84.6 Å². The molecule has 1 aliphatic carbocycles. The Bertz CT molecular complexity index is 1320. The molecule has 32 heavy (non-hydrogen) atoms. The summed E-state index contributed by atoms with van der Waals surface area (Å²) in [7, 11) is 0. The van der Waals surface area contributed by atoms with E-state index in [0.29, 0.717) is 0 Å². The fourth-order valence-electron chi connectivity index (χ4n) is 3.65. The largest absolute Gasteiger partial charge is 0.512 e. The second-order valence-electron chi connectivity index (χ2n) is 7.42. The van der Waals surface area contributed by atoms with Crippen molar-refractivity contribution >= 4 is 28.8 Å². The Balaban J connectivity index is 0.000000318. The molecule has 0 atom stereocenters. The first-order chi connectivity index (χ1) is 15.0. The number of allylic oxidation sites excluding steroid dienone is 2. The van der Waals surface area contributed by atoms with Crippen LogP contribution in [0.1, 0.15) is 25.0 Å². The van der Waals surface area contributed by atoms with Gasteiger partial charge < -0.3 is 5.11 Å². The molecule has 4 heteroatoms. The van der Waals surface area contributed by atoms with E-state index in [2.05, 4.69) is 78.9 Å². The van der Waals surface area contributed by atoms with Gasteiger partial charge in [0.2, 0.25) is 0 Å². The molecule has 1 aliphatic rings. The minimum absolute atomic E-state index is 0. The molecular formula is C28H22IrNO2-. The molecular weight excluding hydrogens is 575 g/mol. The van der Waals surface area contributed by atoms with Crippen molar-refractivity contribution in [2.75, 3.05) is 0 Å². The molecule has 0 aliphatic heterocycles. The van der Waals surface area contributed by atoms with Crippen LogP contribution in [0.25, 0.3) is 45.4 Å². The van der Waals surface area contributed by atoms with Gasteiger partial charge >= 0.3 is 0 Å². The van der Waals surface area contributed by atoms with Crippen molar-refractivity contribution in [3.63, 3.8) is 0 Å². The Morgan fingerprint density at radius 2 is 1.66 bits per heavy atom. The monoisotopic (exact) mass is 597 g/mol. The second kappa shape index (κ2) is 10.3. The first-order valence-electron chi connectivity index (χ1n) is 10.1. The van der Waals surface area contributed by atoms with Gasteiger partial charge in [0.15, 0.2) is 5.78 Å². The van der Waals surface area contributed by atoms with E-state index in [1.165, 1.54) is 47.6 Å². The molecule has 0 spiro atoms. The van der Waals surface area contributed by atoms with E-state index in [9.17, 15) is 4.79 Å². The molecule has 3 nitrogen and oxygen atoms in total. The number of hydrogen-bond donors (Lipinski definition) is 1. The van der Waals surface area contributed by atoms with Gasteiger partial charge in [-0.3, -0.25) is 9.78 Å². The van der Waals surface area contributed by atoms with E-state index >= 15 is 0 Å². The Labute approximate surface area is 201 Å². The number of carbonyl (C=O) groups is 1. The van der Waals surface area contributed by atoms with Gasteiger partial charge in [0, 0.05) is 31.6 Å². The third-order valence-corrected chi connectivity index (χ3v) is 4.94. The van der Waals surface area contributed by atoms with Crippen molar-refractivity contribution in [1.82, 2.24) is 4.98 Å². The van der Waals surface area contributed by atoms with Crippen LogP contribution in [0.3, 0.4) is 0 Å². The molecule has 1 N–H and O–H groups in total. The first kappa shape index (κ1) is 23.3. The zero-order valence-corrected chi connectivity index (χ0v) is 20.2. The smallest absolute Gasteiger partial charge is 0.155 e. The summed E-state index contributed by atoms with van der Waals surface area (Å²) < 4.78 is 0. The Kier molecular flexibility index (Phi) is 7.53. The van der Waals surface area contributed by atoms with Crippen molar-refractivity contribution in [2.45, 2.75) is 13.8 Å². The number of benzene rings is 3. The molecule has 4 aromatic rings. The van der Waals surface area contributed by atoms with Crippen LogP contribution in [0.5, 0.6) is 0 Å². The topological polar surface area (TPSA) is 50.2 Å². The third-order valence-electron chi connectivity index (χ3n) is 4.94. The van der Waals surface area contributed by atoms with Gasteiger partial charge in [-0.1, -0.05) is 60.7 Å². The maximum Gasteiger partial charge on any atom is 0.155 e. The quantitative estimate of drug-likeness (QED) is 0.140. The van der Waals surface area contributed by atoms with Gasteiger partial charge in [0.1, 0.15) is 0 Å². The number of carbonyl (C=O) groups excluding carboxylic acids is 1. The summed E-state index contributed by atoms with van der Waals surface area (Å²) in [5.74, 6) is -0.0625. The molecule has 1 radical (unpaired) electrons. The number of aromatic nitrogens is 1. The standard InChI is InChI=1S/C23H14N.C5H8O2.Ir/c1-2-6-16(7-3-1)18-9-4-10-19(14-18)22-15-20-13-12-17-8-5-11-21(24-22)23(17)20;1-4(6)3-5(2)7;/h1-9,11-15H;3,6H,1-2H3;/q-1;;/b;4-3-;. The van der Waals surface area contributed by atoms with E-state index in [4.69, 9.17) is 10.1 Å². The summed E-state index contributed by atoms with van der Waals surface area (Å²) in [4.78, 5) is 14.9. The number of ketones is 1. The molecule has 0 bridgehead atoms. The Morgan fingerprint density at radius 3 is 2.34 bits per heavy atom. The average Bonchev–Trinajstić information content (AvgIpc) is 3.19.